The fraction of sp³-hybridized carbons (Fsp3) is 0.833. The third-order valence-electron chi connectivity index (χ3n) is 3.58. The van der Waals surface area contributed by atoms with Crippen LogP contribution in [0.4, 0.5) is 0 Å². The monoisotopic (exact) mass is 222 g/mol. The van der Waals surface area contributed by atoms with Crippen molar-refractivity contribution in [3.8, 4) is 0 Å². The van der Waals surface area contributed by atoms with Crippen LogP contribution in [0.3, 0.4) is 0 Å². The van der Waals surface area contributed by atoms with Gasteiger partial charge in [0.2, 0.25) is 0 Å². The van der Waals surface area contributed by atoms with Crippen LogP contribution >= 0.6 is 0 Å². The fourth-order valence-electron chi connectivity index (χ4n) is 2.69. The smallest absolute Gasteiger partial charge is 0.0728 e. The van der Waals surface area contributed by atoms with Crippen molar-refractivity contribution in [2.45, 2.75) is 57.5 Å². The summed E-state index contributed by atoms with van der Waals surface area (Å²) in [6.45, 7) is 3.18. The van der Waals surface area contributed by atoms with Crippen LogP contribution in [0.1, 0.15) is 50.6 Å². The van der Waals surface area contributed by atoms with Gasteiger partial charge in [-0.2, -0.15) is 0 Å². The van der Waals surface area contributed by atoms with Crippen molar-refractivity contribution >= 4 is 0 Å². The first-order chi connectivity index (χ1) is 7.85. The second-order valence-electron chi connectivity index (χ2n) is 4.73. The minimum absolute atomic E-state index is 0.646. The lowest BCUT2D eigenvalue weighted by Gasteiger charge is -2.28. The van der Waals surface area contributed by atoms with Crippen LogP contribution in [0, 0.1) is 0 Å². The van der Waals surface area contributed by atoms with Gasteiger partial charge in [-0.25, -0.2) is 4.68 Å². The zero-order valence-electron chi connectivity index (χ0n) is 10.3. The molecular formula is C12H22N4. The summed E-state index contributed by atoms with van der Waals surface area (Å²) in [5.74, 6) is 0.646. The summed E-state index contributed by atoms with van der Waals surface area (Å²) in [6, 6.07) is 0.670. The number of aryl methyl sites for hydroxylation is 1. The topological polar surface area (TPSA) is 42.7 Å². The molecule has 1 N–H and O–H groups in total. The van der Waals surface area contributed by atoms with E-state index in [1.807, 2.05) is 6.20 Å². The number of rotatable bonds is 4. The number of hydrogen-bond donors (Lipinski definition) is 1. The summed E-state index contributed by atoms with van der Waals surface area (Å²) >= 11 is 0. The Kier molecular flexibility index (Phi) is 3.93. The van der Waals surface area contributed by atoms with Gasteiger partial charge < -0.3 is 5.32 Å². The van der Waals surface area contributed by atoms with Gasteiger partial charge in [0.05, 0.1) is 11.9 Å². The maximum absolute atomic E-state index is 4.18. The van der Waals surface area contributed by atoms with Gasteiger partial charge in [-0.1, -0.05) is 18.6 Å². The number of nitrogens with one attached hydrogen (secondary N) is 1. The van der Waals surface area contributed by atoms with Crippen molar-refractivity contribution in [3.05, 3.63) is 11.9 Å². The highest BCUT2D eigenvalue weighted by atomic mass is 15.4. The van der Waals surface area contributed by atoms with Gasteiger partial charge in [-0.15, -0.1) is 5.10 Å². The van der Waals surface area contributed by atoms with E-state index in [-0.39, 0.29) is 0 Å². The molecule has 1 aromatic heterocycles. The molecule has 1 fully saturated rings. The van der Waals surface area contributed by atoms with E-state index in [1.165, 1.54) is 31.4 Å². The Bertz CT molecular complexity index is 321. The van der Waals surface area contributed by atoms with Gasteiger partial charge >= 0.3 is 0 Å². The van der Waals surface area contributed by atoms with Crippen LogP contribution in [0.2, 0.25) is 0 Å². The van der Waals surface area contributed by atoms with Gasteiger partial charge in [-0.05, 0) is 32.7 Å². The predicted octanol–water partition coefficient (Wildman–Crippen LogP) is 1.93. The molecule has 90 valence electrons. The van der Waals surface area contributed by atoms with E-state index < -0.39 is 0 Å². The highest BCUT2D eigenvalue weighted by molar-refractivity contribution is 5.06. The maximum atomic E-state index is 4.18. The molecule has 4 nitrogen and oxygen atoms in total. The van der Waals surface area contributed by atoms with E-state index in [4.69, 9.17) is 0 Å². The van der Waals surface area contributed by atoms with Crippen molar-refractivity contribution in [2.75, 3.05) is 7.05 Å². The lowest BCUT2D eigenvalue weighted by atomic mass is 9.84. The highest BCUT2D eigenvalue weighted by Crippen LogP contribution is 2.32. The summed E-state index contributed by atoms with van der Waals surface area (Å²) in [5, 5.41) is 11.6. The van der Waals surface area contributed by atoms with E-state index >= 15 is 0 Å². The van der Waals surface area contributed by atoms with E-state index in [0.29, 0.717) is 12.0 Å². The maximum Gasteiger partial charge on any atom is 0.0728 e. The average molecular weight is 222 g/mol. The van der Waals surface area contributed by atoms with Crippen LogP contribution in [-0.4, -0.2) is 28.1 Å². The van der Waals surface area contributed by atoms with Crippen LogP contribution < -0.4 is 5.32 Å². The molecule has 1 aromatic rings. The first-order valence-electron chi connectivity index (χ1n) is 6.40. The Morgan fingerprint density at radius 2 is 2.38 bits per heavy atom. The fourth-order valence-corrected chi connectivity index (χ4v) is 2.69. The number of nitrogens with zero attached hydrogens (tertiary/aromatic N) is 3. The van der Waals surface area contributed by atoms with Gasteiger partial charge in [0.25, 0.3) is 0 Å². The highest BCUT2D eigenvalue weighted by Gasteiger charge is 2.24. The third-order valence-corrected chi connectivity index (χ3v) is 3.58. The quantitative estimate of drug-likeness (QED) is 0.846. The molecule has 4 heteroatoms. The molecule has 0 aliphatic heterocycles. The van der Waals surface area contributed by atoms with Crippen molar-refractivity contribution in [1.82, 2.24) is 20.3 Å². The number of aromatic nitrogens is 3. The Morgan fingerprint density at radius 1 is 1.50 bits per heavy atom. The second kappa shape index (κ2) is 5.43. The van der Waals surface area contributed by atoms with E-state index in [1.54, 1.807) is 0 Å². The minimum atomic E-state index is 0.646. The van der Waals surface area contributed by atoms with Crippen LogP contribution in [0.5, 0.6) is 0 Å². The van der Waals surface area contributed by atoms with Crippen molar-refractivity contribution in [1.29, 1.82) is 0 Å². The van der Waals surface area contributed by atoms with Crippen LogP contribution in [0.15, 0.2) is 6.20 Å². The van der Waals surface area contributed by atoms with Crippen LogP contribution in [-0.2, 0) is 6.54 Å². The second-order valence-corrected chi connectivity index (χ2v) is 4.73. The zero-order valence-corrected chi connectivity index (χ0v) is 10.3. The lowest BCUT2D eigenvalue weighted by Crippen LogP contribution is -2.31. The molecule has 2 rings (SSSR count). The molecule has 0 aromatic carbocycles. The Morgan fingerprint density at radius 3 is 3.12 bits per heavy atom. The normalized spacial score (nSPS) is 25.9. The SMILES string of the molecule is CCCn1nncc1C1CCCC(NC)C1. The van der Waals surface area contributed by atoms with Gasteiger partial charge in [-0.3, -0.25) is 0 Å². The molecule has 0 amide bonds. The van der Waals surface area contributed by atoms with Crippen molar-refractivity contribution in [3.63, 3.8) is 0 Å². The Balaban J connectivity index is 2.07. The van der Waals surface area contributed by atoms with E-state index in [2.05, 4.69) is 34.3 Å². The molecule has 0 spiro atoms. The minimum Gasteiger partial charge on any atom is -0.317 e. The average Bonchev–Trinajstić information content (AvgIpc) is 2.78. The lowest BCUT2D eigenvalue weighted by molar-refractivity contribution is 0.341. The summed E-state index contributed by atoms with van der Waals surface area (Å²) in [6.07, 6.45) is 8.22. The van der Waals surface area contributed by atoms with Crippen molar-refractivity contribution < 1.29 is 0 Å². The van der Waals surface area contributed by atoms with Crippen molar-refractivity contribution in [2.24, 2.45) is 0 Å². The molecule has 0 bridgehead atoms. The number of hydrogen-bond acceptors (Lipinski definition) is 3. The molecule has 2 atom stereocenters. The molecule has 1 heterocycles. The Labute approximate surface area is 97.4 Å². The van der Waals surface area contributed by atoms with E-state index in [9.17, 15) is 0 Å². The first kappa shape index (κ1) is 11.6. The summed E-state index contributed by atoms with van der Waals surface area (Å²) in [7, 11) is 2.06. The molecule has 1 aliphatic carbocycles. The van der Waals surface area contributed by atoms with Crippen LogP contribution in [0.25, 0.3) is 0 Å². The molecule has 0 radical (unpaired) electrons. The summed E-state index contributed by atoms with van der Waals surface area (Å²) in [4.78, 5) is 0. The largest absolute Gasteiger partial charge is 0.317 e. The molecule has 1 saturated carbocycles. The molecular weight excluding hydrogens is 200 g/mol. The summed E-state index contributed by atoms with van der Waals surface area (Å²) < 4.78 is 2.09. The molecule has 16 heavy (non-hydrogen) atoms. The van der Waals surface area contributed by atoms with Gasteiger partial charge in [0.1, 0.15) is 0 Å². The molecule has 2 unspecified atom stereocenters. The Hall–Kier alpha value is -0.900. The van der Waals surface area contributed by atoms with E-state index in [0.717, 1.165) is 13.0 Å². The molecule has 1 aliphatic rings. The summed E-state index contributed by atoms with van der Waals surface area (Å²) in [5.41, 5.74) is 1.34. The third kappa shape index (κ3) is 2.43. The zero-order chi connectivity index (χ0) is 11.4. The molecule has 0 saturated heterocycles. The standard InChI is InChI=1S/C12H22N4/c1-3-7-16-12(9-14-15-16)10-5-4-6-11(8-10)13-2/h9-11,13H,3-8H2,1-2H3. The van der Waals surface area contributed by atoms with Gasteiger partial charge in [0, 0.05) is 18.5 Å². The predicted molar refractivity (Wildman–Crippen MR) is 64.4 cm³/mol. The first-order valence-corrected chi connectivity index (χ1v) is 6.40. The van der Waals surface area contributed by atoms with Gasteiger partial charge in [0.15, 0.2) is 0 Å².